The maximum Gasteiger partial charge on any atom is 0.510 e. The highest BCUT2D eigenvalue weighted by Crippen LogP contribution is 2.43. The smallest absolute Gasteiger partial charge is 0.299 e. The summed E-state index contributed by atoms with van der Waals surface area (Å²) in [5, 5.41) is 0. The molecule has 2 atom stereocenters. The average Bonchev–Trinajstić information content (AvgIpc) is 2.17. The van der Waals surface area contributed by atoms with Crippen LogP contribution in [-0.2, 0) is 9.09 Å². The molecular formula is C10H14FO3P. The predicted molar refractivity (Wildman–Crippen MR) is 56.4 cm³/mol. The SMILES string of the molecule is CC(CCOP(=O)(O)F)c1ccccc1. The Labute approximate surface area is 88.5 Å². The standard InChI is InChI=1S/C10H14FO3P/c1-9(7-8-14-15(11,12)13)10-5-3-2-4-6-10/h2-6,9H,7-8H2,1H3,(H,12,13). The minimum absolute atomic E-state index is 0.0552. The Morgan fingerprint density at radius 1 is 1.47 bits per heavy atom. The van der Waals surface area contributed by atoms with Crippen LogP contribution in [0.5, 0.6) is 0 Å². The molecule has 0 aliphatic rings. The van der Waals surface area contributed by atoms with E-state index in [1.54, 1.807) is 0 Å². The van der Waals surface area contributed by atoms with Crippen molar-refractivity contribution in [1.29, 1.82) is 0 Å². The zero-order chi connectivity index (χ0) is 11.3. The summed E-state index contributed by atoms with van der Waals surface area (Å²) in [6, 6.07) is 9.66. The fourth-order valence-electron chi connectivity index (χ4n) is 1.29. The molecule has 2 unspecified atom stereocenters. The van der Waals surface area contributed by atoms with Gasteiger partial charge in [0, 0.05) is 0 Å². The van der Waals surface area contributed by atoms with Gasteiger partial charge in [-0.2, -0.15) is 0 Å². The lowest BCUT2D eigenvalue weighted by atomic mass is 9.99. The minimum Gasteiger partial charge on any atom is -0.299 e. The molecule has 0 aliphatic carbocycles. The van der Waals surface area contributed by atoms with Crippen molar-refractivity contribution < 1.29 is 18.2 Å². The summed E-state index contributed by atoms with van der Waals surface area (Å²) in [5.74, 6) is 0.178. The molecule has 0 aliphatic heterocycles. The topological polar surface area (TPSA) is 46.5 Å². The van der Waals surface area contributed by atoms with Crippen molar-refractivity contribution in [3.63, 3.8) is 0 Å². The molecule has 1 aromatic carbocycles. The van der Waals surface area contributed by atoms with Crippen molar-refractivity contribution in [2.24, 2.45) is 0 Å². The van der Waals surface area contributed by atoms with E-state index >= 15 is 0 Å². The molecule has 3 nitrogen and oxygen atoms in total. The van der Waals surface area contributed by atoms with E-state index in [4.69, 9.17) is 4.89 Å². The summed E-state index contributed by atoms with van der Waals surface area (Å²) in [6.45, 7) is 1.90. The van der Waals surface area contributed by atoms with E-state index in [0.29, 0.717) is 6.42 Å². The summed E-state index contributed by atoms with van der Waals surface area (Å²) < 4.78 is 26.5. The van der Waals surface area contributed by atoms with Crippen LogP contribution in [0.1, 0.15) is 24.8 Å². The highest BCUT2D eigenvalue weighted by Gasteiger charge is 2.17. The van der Waals surface area contributed by atoms with Gasteiger partial charge in [-0.25, -0.2) is 4.57 Å². The summed E-state index contributed by atoms with van der Waals surface area (Å²) >= 11 is 0. The van der Waals surface area contributed by atoms with Crippen molar-refractivity contribution in [1.82, 2.24) is 0 Å². The van der Waals surface area contributed by atoms with Gasteiger partial charge in [-0.3, -0.25) is 9.42 Å². The van der Waals surface area contributed by atoms with Crippen molar-refractivity contribution in [3.05, 3.63) is 35.9 Å². The molecule has 15 heavy (non-hydrogen) atoms. The quantitative estimate of drug-likeness (QED) is 0.792. The molecule has 0 saturated carbocycles. The van der Waals surface area contributed by atoms with Gasteiger partial charge < -0.3 is 0 Å². The van der Waals surface area contributed by atoms with Crippen LogP contribution in [-0.4, -0.2) is 11.5 Å². The number of hydrogen-bond acceptors (Lipinski definition) is 2. The van der Waals surface area contributed by atoms with Crippen LogP contribution < -0.4 is 0 Å². The highest BCUT2D eigenvalue weighted by atomic mass is 31.2. The third-order valence-electron chi connectivity index (χ3n) is 2.17. The number of rotatable bonds is 5. The molecule has 0 fully saturated rings. The van der Waals surface area contributed by atoms with Crippen LogP contribution in [0.2, 0.25) is 0 Å². The first-order chi connectivity index (χ1) is 6.99. The summed E-state index contributed by atoms with van der Waals surface area (Å²) in [7, 11) is -4.81. The number of hydrogen-bond donors (Lipinski definition) is 1. The Morgan fingerprint density at radius 3 is 2.60 bits per heavy atom. The maximum absolute atomic E-state index is 12.1. The third-order valence-corrected chi connectivity index (χ3v) is 2.67. The first-order valence-electron chi connectivity index (χ1n) is 4.71. The molecule has 1 N–H and O–H groups in total. The predicted octanol–water partition coefficient (Wildman–Crippen LogP) is 3.27. The van der Waals surface area contributed by atoms with Crippen molar-refractivity contribution in [2.75, 3.05) is 6.61 Å². The fraction of sp³-hybridized carbons (Fsp3) is 0.400. The molecule has 0 spiro atoms. The monoisotopic (exact) mass is 232 g/mol. The summed E-state index contributed by atoms with van der Waals surface area (Å²) in [4.78, 5) is 8.27. The largest absolute Gasteiger partial charge is 0.510 e. The van der Waals surface area contributed by atoms with Gasteiger partial charge in [0.25, 0.3) is 0 Å². The summed E-state index contributed by atoms with van der Waals surface area (Å²) in [5.41, 5.74) is 1.10. The van der Waals surface area contributed by atoms with E-state index in [-0.39, 0.29) is 12.5 Å². The maximum atomic E-state index is 12.1. The molecule has 0 amide bonds. The second-order valence-corrected chi connectivity index (χ2v) is 4.55. The molecule has 0 aromatic heterocycles. The van der Waals surface area contributed by atoms with Crippen molar-refractivity contribution in [2.45, 2.75) is 19.3 Å². The van der Waals surface area contributed by atoms with Gasteiger partial charge in [0.1, 0.15) is 0 Å². The molecule has 1 aromatic rings. The van der Waals surface area contributed by atoms with Crippen LogP contribution in [0.4, 0.5) is 4.20 Å². The number of halogens is 1. The second kappa shape index (κ2) is 5.40. The van der Waals surface area contributed by atoms with Gasteiger partial charge in [-0.05, 0) is 17.9 Å². The molecule has 84 valence electrons. The normalized spacial score (nSPS) is 17.0. The first-order valence-corrected chi connectivity index (χ1v) is 6.18. The second-order valence-electron chi connectivity index (χ2n) is 3.39. The van der Waals surface area contributed by atoms with Gasteiger partial charge in [0.15, 0.2) is 0 Å². The lowest BCUT2D eigenvalue weighted by Crippen LogP contribution is -1.98. The van der Waals surface area contributed by atoms with E-state index in [0.717, 1.165) is 5.56 Å². The van der Waals surface area contributed by atoms with E-state index in [1.807, 2.05) is 37.3 Å². The van der Waals surface area contributed by atoms with Crippen LogP contribution >= 0.6 is 7.91 Å². The Hall–Kier alpha value is -0.700. The van der Waals surface area contributed by atoms with Crippen LogP contribution in [0.15, 0.2) is 30.3 Å². The zero-order valence-electron chi connectivity index (χ0n) is 8.47. The molecule has 0 bridgehead atoms. The zero-order valence-corrected chi connectivity index (χ0v) is 9.36. The Bertz CT molecular complexity index is 336. The molecule has 0 heterocycles. The molecular weight excluding hydrogens is 218 g/mol. The van der Waals surface area contributed by atoms with E-state index < -0.39 is 7.91 Å². The molecule has 0 radical (unpaired) electrons. The van der Waals surface area contributed by atoms with Gasteiger partial charge in [0.05, 0.1) is 6.61 Å². The molecule has 1 rings (SSSR count). The Balaban J connectivity index is 2.37. The molecule has 5 heteroatoms. The number of benzene rings is 1. The lowest BCUT2D eigenvalue weighted by molar-refractivity contribution is 0.219. The Kier molecular flexibility index (Phi) is 4.45. The highest BCUT2D eigenvalue weighted by molar-refractivity contribution is 7.46. The van der Waals surface area contributed by atoms with Crippen molar-refractivity contribution in [3.8, 4) is 0 Å². The van der Waals surface area contributed by atoms with Crippen molar-refractivity contribution >= 4 is 7.91 Å². The lowest BCUT2D eigenvalue weighted by Gasteiger charge is -2.11. The summed E-state index contributed by atoms with van der Waals surface area (Å²) in [6.07, 6.45) is 0.512. The van der Waals surface area contributed by atoms with Crippen LogP contribution in [0.25, 0.3) is 0 Å². The average molecular weight is 232 g/mol. The Morgan fingerprint density at radius 2 is 2.07 bits per heavy atom. The van der Waals surface area contributed by atoms with E-state index in [1.165, 1.54) is 0 Å². The van der Waals surface area contributed by atoms with Gasteiger partial charge in [0.2, 0.25) is 0 Å². The molecule has 0 saturated heterocycles. The van der Waals surface area contributed by atoms with Gasteiger partial charge in [-0.15, -0.1) is 4.20 Å². The fourth-order valence-corrected chi connectivity index (χ4v) is 1.62. The third kappa shape index (κ3) is 5.07. The van der Waals surface area contributed by atoms with Gasteiger partial charge in [-0.1, -0.05) is 37.3 Å². The minimum atomic E-state index is -4.81. The van der Waals surface area contributed by atoms with Gasteiger partial charge >= 0.3 is 7.91 Å². The first kappa shape index (κ1) is 12.4. The van der Waals surface area contributed by atoms with Crippen LogP contribution in [0.3, 0.4) is 0 Å². The van der Waals surface area contributed by atoms with Crippen LogP contribution in [0, 0.1) is 0 Å². The van der Waals surface area contributed by atoms with E-state index in [2.05, 4.69) is 4.52 Å². The van der Waals surface area contributed by atoms with E-state index in [9.17, 15) is 8.76 Å².